The predicted octanol–water partition coefficient (Wildman–Crippen LogP) is 4.17. The van der Waals surface area contributed by atoms with E-state index in [1.807, 2.05) is 43.5 Å². The number of carbonyl (C=O) groups is 3. The molecule has 0 fully saturated rings. The smallest absolute Gasteiger partial charge is 0.348 e. The van der Waals surface area contributed by atoms with Gasteiger partial charge in [-0.2, -0.15) is 0 Å². The van der Waals surface area contributed by atoms with Gasteiger partial charge in [0.05, 0.1) is 25.5 Å². The summed E-state index contributed by atoms with van der Waals surface area (Å²) in [5, 5.41) is 11.9. The standard InChI is InChI=1S/C24H28N4O6S2/c1-7-28-17(11-34-16-9-8-13(2)14(3)10-16)26-27-24(28)35-12-18(29)25-21-19(22(30)32-5)15(4)20(36-21)23(31)33-6/h8-10H,7,11-12H2,1-6H3,(H,25,29). The minimum absolute atomic E-state index is 0.0151. The van der Waals surface area contributed by atoms with Crippen LogP contribution in [-0.4, -0.2) is 52.6 Å². The van der Waals surface area contributed by atoms with E-state index < -0.39 is 11.9 Å². The number of anilines is 1. The van der Waals surface area contributed by atoms with Crippen molar-refractivity contribution in [2.45, 2.75) is 46.0 Å². The summed E-state index contributed by atoms with van der Waals surface area (Å²) in [7, 11) is 2.48. The van der Waals surface area contributed by atoms with E-state index in [1.165, 1.54) is 31.5 Å². The quantitative estimate of drug-likeness (QED) is 0.303. The fourth-order valence-electron chi connectivity index (χ4n) is 3.33. The Morgan fingerprint density at radius 3 is 2.42 bits per heavy atom. The summed E-state index contributed by atoms with van der Waals surface area (Å²) in [6.07, 6.45) is 0. The fourth-order valence-corrected chi connectivity index (χ4v) is 5.28. The molecule has 36 heavy (non-hydrogen) atoms. The van der Waals surface area contributed by atoms with E-state index in [-0.39, 0.29) is 33.7 Å². The molecule has 0 spiro atoms. The van der Waals surface area contributed by atoms with Crippen molar-refractivity contribution in [3.05, 3.63) is 51.2 Å². The zero-order chi connectivity index (χ0) is 26.4. The van der Waals surface area contributed by atoms with Crippen molar-refractivity contribution >= 4 is 45.9 Å². The number of esters is 2. The van der Waals surface area contributed by atoms with Crippen LogP contribution in [0.15, 0.2) is 23.4 Å². The van der Waals surface area contributed by atoms with Crippen LogP contribution >= 0.6 is 23.1 Å². The van der Waals surface area contributed by atoms with Crippen LogP contribution in [0, 0.1) is 20.8 Å². The third kappa shape index (κ3) is 6.05. The SMILES string of the molecule is CCn1c(COc2ccc(C)c(C)c2)nnc1SCC(=O)Nc1sc(C(=O)OC)c(C)c1C(=O)OC. The minimum Gasteiger partial charge on any atom is -0.486 e. The maximum absolute atomic E-state index is 12.7. The average molecular weight is 533 g/mol. The van der Waals surface area contributed by atoms with Crippen LogP contribution < -0.4 is 10.1 Å². The Morgan fingerprint density at radius 2 is 1.78 bits per heavy atom. The van der Waals surface area contributed by atoms with Crippen molar-refractivity contribution < 1.29 is 28.6 Å². The van der Waals surface area contributed by atoms with E-state index in [0.29, 0.717) is 23.1 Å². The van der Waals surface area contributed by atoms with Crippen LogP contribution in [0.3, 0.4) is 0 Å². The highest BCUT2D eigenvalue weighted by molar-refractivity contribution is 7.99. The molecule has 2 heterocycles. The van der Waals surface area contributed by atoms with Gasteiger partial charge >= 0.3 is 11.9 Å². The number of aromatic nitrogens is 3. The minimum atomic E-state index is -0.652. The maximum Gasteiger partial charge on any atom is 0.348 e. The topological polar surface area (TPSA) is 122 Å². The van der Waals surface area contributed by atoms with Crippen molar-refractivity contribution in [3.63, 3.8) is 0 Å². The number of thiophene rings is 1. The zero-order valence-electron chi connectivity index (χ0n) is 21.0. The van der Waals surface area contributed by atoms with Crippen molar-refractivity contribution in [1.82, 2.24) is 14.8 Å². The van der Waals surface area contributed by atoms with Crippen LogP contribution in [0.1, 0.15) is 49.5 Å². The summed E-state index contributed by atoms with van der Waals surface area (Å²) in [5.74, 6) is -0.215. The van der Waals surface area contributed by atoms with E-state index in [2.05, 4.69) is 15.5 Å². The number of carbonyl (C=O) groups excluding carboxylic acids is 3. The lowest BCUT2D eigenvalue weighted by molar-refractivity contribution is -0.113. The van der Waals surface area contributed by atoms with Gasteiger partial charge in [0.1, 0.15) is 22.2 Å². The van der Waals surface area contributed by atoms with Crippen LogP contribution in [0.25, 0.3) is 0 Å². The Labute approximate surface area is 217 Å². The van der Waals surface area contributed by atoms with Crippen LogP contribution in [0.2, 0.25) is 0 Å². The molecule has 0 saturated heterocycles. The summed E-state index contributed by atoms with van der Waals surface area (Å²) in [6.45, 7) is 8.47. The van der Waals surface area contributed by atoms with Crippen molar-refractivity contribution in [1.29, 1.82) is 0 Å². The molecule has 0 atom stereocenters. The van der Waals surface area contributed by atoms with E-state index in [4.69, 9.17) is 14.2 Å². The maximum atomic E-state index is 12.7. The molecule has 1 aromatic carbocycles. The highest BCUT2D eigenvalue weighted by Crippen LogP contribution is 2.34. The molecule has 192 valence electrons. The summed E-state index contributed by atoms with van der Waals surface area (Å²) < 4.78 is 17.4. The van der Waals surface area contributed by atoms with Crippen molar-refractivity contribution in [2.75, 3.05) is 25.3 Å². The first-order valence-corrected chi connectivity index (χ1v) is 12.8. The van der Waals surface area contributed by atoms with Gasteiger partial charge in [0.15, 0.2) is 11.0 Å². The Hall–Kier alpha value is -3.38. The van der Waals surface area contributed by atoms with Gasteiger partial charge in [-0.3, -0.25) is 4.79 Å². The molecular formula is C24H28N4O6S2. The van der Waals surface area contributed by atoms with E-state index in [0.717, 1.165) is 22.6 Å². The van der Waals surface area contributed by atoms with Gasteiger partial charge in [-0.1, -0.05) is 17.8 Å². The number of nitrogens with zero attached hydrogens (tertiary/aromatic N) is 3. The van der Waals surface area contributed by atoms with Gasteiger partial charge in [0.25, 0.3) is 0 Å². The number of amides is 1. The van der Waals surface area contributed by atoms with Gasteiger partial charge in [0.2, 0.25) is 5.91 Å². The molecule has 2 aromatic heterocycles. The molecule has 0 aliphatic carbocycles. The second kappa shape index (κ2) is 12.0. The number of benzene rings is 1. The van der Waals surface area contributed by atoms with Gasteiger partial charge in [0, 0.05) is 6.54 Å². The molecule has 0 aliphatic rings. The first-order valence-electron chi connectivity index (χ1n) is 11.0. The molecule has 3 rings (SSSR count). The Balaban J connectivity index is 1.68. The van der Waals surface area contributed by atoms with Crippen LogP contribution in [-0.2, 0) is 27.4 Å². The Bertz CT molecular complexity index is 1280. The molecule has 3 aromatic rings. The van der Waals surface area contributed by atoms with E-state index in [9.17, 15) is 14.4 Å². The molecule has 1 N–H and O–H groups in total. The normalized spacial score (nSPS) is 10.7. The molecule has 0 radical (unpaired) electrons. The molecule has 12 heteroatoms. The number of hydrogen-bond acceptors (Lipinski definition) is 10. The summed E-state index contributed by atoms with van der Waals surface area (Å²) in [5.41, 5.74) is 2.85. The fraction of sp³-hybridized carbons (Fsp3) is 0.375. The lowest BCUT2D eigenvalue weighted by atomic mass is 10.1. The molecule has 0 saturated carbocycles. The van der Waals surface area contributed by atoms with Gasteiger partial charge in [-0.05, 0) is 56.5 Å². The zero-order valence-corrected chi connectivity index (χ0v) is 22.6. The molecule has 0 aliphatic heterocycles. The third-order valence-corrected chi connectivity index (χ3v) is 7.60. The number of methoxy groups -OCH3 is 2. The molecule has 0 bridgehead atoms. The molecule has 1 amide bonds. The van der Waals surface area contributed by atoms with Crippen molar-refractivity contribution in [3.8, 4) is 5.75 Å². The molecule has 0 unspecified atom stereocenters. The molecular weight excluding hydrogens is 504 g/mol. The number of thioether (sulfide) groups is 1. The Morgan fingerprint density at radius 1 is 1.06 bits per heavy atom. The highest BCUT2D eigenvalue weighted by Gasteiger charge is 2.27. The number of rotatable bonds is 10. The van der Waals surface area contributed by atoms with E-state index >= 15 is 0 Å². The highest BCUT2D eigenvalue weighted by atomic mass is 32.2. The third-order valence-electron chi connectivity index (χ3n) is 5.45. The largest absolute Gasteiger partial charge is 0.486 e. The average Bonchev–Trinajstić information content (AvgIpc) is 3.42. The predicted molar refractivity (Wildman–Crippen MR) is 137 cm³/mol. The monoisotopic (exact) mass is 532 g/mol. The summed E-state index contributed by atoms with van der Waals surface area (Å²) in [4.78, 5) is 37.2. The van der Waals surface area contributed by atoms with Crippen molar-refractivity contribution in [2.24, 2.45) is 0 Å². The van der Waals surface area contributed by atoms with Crippen LogP contribution in [0.5, 0.6) is 5.75 Å². The number of aryl methyl sites for hydroxylation is 2. The second-order valence-electron chi connectivity index (χ2n) is 7.76. The summed E-state index contributed by atoms with van der Waals surface area (Å²) >= 11 is 2.17. The number of ether oxygens (including phenoxy) is 3. The van der Waals surface area contributed by atoms with Gasteiger partial charge in [-0.25, -0.2) is 9.59 Å². The Kier molecular flexibility index (Phi) is 9.10. The van der Waals surface area contributed by atoms with Gasteiger partial charge in [-0.15, -0.1) is 21.5 Å². The van der Waals surface area contributed by atoms with E-state index in [1.54, 1.807) is 6.92 Å². The van der Waals surface area contributed by atoms with Gasteiger partial charge < -0.3 is 24.1 Å². The first kappa shape index (κ1) is 27.2. The number of nitrogens with one attached hydrogen (secondary N) is 1. The lowest BCUT2D eigenvalue weighted by Crippen LogP contribution is -2.16. The number of hydrogen-bond donors (Lipinski definition) is 1. The van der Waals surface area contributed by atoms with Crippen LogP contribution in [0.4, 0.5) is 5.00 Å². The second-order valence-corrected chi connectivity index (χ2v) is 9.72. The first-order chi connectivity index (χ1) is 17.2. The summed E-state index contributed by atoms with van der Waals surface area (Å²) in [6, 6.07) is 5.89. The molecule has 10 nitrogen and oxygen atoms in total. The lowest BCUT2D eigenvalue weighted by Gasteiger charge is -2.10.